The number of hydrogen-bond donors (Lipinski definition) is 1. The van der Waals surface area contributed by atoms with Crippen molar-refractivity contribution in [3.8, 4) is 5.69 Å². The first-order valence-electron chi connectivity index (χ1n) is 7.88. The fourth-order valence-electron chi connectivity index (χ4n) is 2.82. The summed E-state index contributed by atoms with van der Waals surface area (Å²) in [7, 11) is 0. The Hall–Kier alpha value is -2.70. The van der Waals surface area contributed by atoms with Gasteiger partial charge < -0.3 is 10.2 Å². The lowest BCUT2D eigenvalue weighted by atomic mass is 10.2. The first kappa shape index (κ1) is 16.2. The van der Waals surface area contributed by atoms with E-state index in [1.807, 2.05) is 0 Å². The predicted molar refractivity (Wildman–Crippen MR) is 86.4 cm³/mol. The number of aryl methyl sites for hydroxylation is 1. The summed E-state index contributed by atoms with van der Waals surface area (Å²) in [4.78, 5) is 26.1. The first-order chi connectivity index (χ1) is 11.5. The predicted octanol–water partition coefficient (Wildman–Crippen LogP) is 1.67. The molecular weight excluding hydrogens is 311 g/mol. The van der Waals surface area contributed by atoms with Crippen molar-refractivity contribution < 1.29 is 14.0 Å². The molecule has 7 heteroatoms. The Morgan fingerprint density at radius 3 is 2.92 bits per heavy atom. The van der Waals surface area contributed by atoms with Crippen LogP contribution in [0.1, 0.15) is 29.4 Å². The maximum Gasteiger partial charge on any atom is 0.275 e. The van der Waals surface area contributed by atoms with E-state index in [1.54, 1.807) is 36.9 Å². The Balaban J connectivity index is 1.87. The number of carbonyl (C=O) groups excluding carboxylic acids is 2. The van der Waals surface area contributed by atoms with Gasteiger partial charge >= 0.3 is 0 Å². The van der Waals surface area contributed by atoms with E-state index in [9.17, 15) is 14.0 Å². The van der Waals surface area contributed by atoms with E-state index in [2.05, 4.69) is 10.4 Å². The van der Waals surface area contributed by atoms with Gasteiger partial charge in [-0.25, -0.2) is 9.07 Å². The van der Waals surface area contributed by atoms with Gasteiger partial charge in [0, 0.05) is 19.3 Å². The molecule has 1 aliphatic heterocycles. The minimum Gasteiger partial charge on any atom is -0.354 e. The number of halogens is 1. The Labute approximate surface area is 139 Å². The molecule has 1 aromatic carbocycles. The van der Waals surface area contributed by atoms with E-state index in [0.717, 1.165) is 5.56 Å². The lowest BCUT2D eigenvalue weighted by molar-refractivity contribution is -0.124. The summed E-state index contributed by atoms with van der Waals surface area (Å²) in [6.07, 6.45) is 2.37. The van der Waals surface area contributed by atoms with Gasteiger partial charge in [0.15, 0.2) is 5.69 Å². The van der Waals surface area contributed by atoms with E-state index in [4.69, 9.17) is 0 Å². The van der Waals surface area contributed by atoms with Crippen LogP contribution in [0.5, 0.6) is 0 Å². The molecule has 24 heavy (non-hydrogen) atoms. The van der Waals surface area contributed by atoms with Crippen LogP contribution in [-0.2, 0) is 4.79 Å². The van der Waals surface area contributed by atoms with E-state index in [1.165, 1.54) is 17.0 Å². The number of benzene rings is 1. The van der Waals surface area contributed by atoms with Crippen LogP contribution in [0.2, 0.25) is 0 Å². The number of carbonyl (C=O) groups is 2. The lowest BCUT2D eigenvalue weighted by Gasteiger charge is -2.24. The smallest absolute Gasteiger partial charge is 0.275 e. The van der Waals surface area contributed by atoms with Crippen LogP contribution in [0.4, 0.5) is 4.39 Å². The first-order valence-corrected chi connectivity index (χ1v) is 7.88. The molecule has 1 aromatic heterocycles. The topological polar surface area (TPSA) is 67.2 Å². The molecule has 0 radical (unpaired) electrons. The largest absolute Gasteiger partial charge is 0.354 e. The van der Waals surface area contributed by atoms with E-state index < -0.39 is 6.04 Å². The number of nitrogens with zero attached hydrogens (tertiary/aromatic N) is 3. The zero-order valence-corrected chi connectivity index (χ0v) is 13.6. The van der Waals surface area contributed by atoms with Crippen molar-refractivity contribution in [3.05, 3.63) is 47.5 Å². The van der Waals surface area contributed by atoms with Crippen LogP contribution in [0.25, 0.3) is 5.69 Å². The molecular formula is C17H19FN4O2. The van der Waals surface area contributed by atoms with Crippen LogP contribution < -0.4 is 5.32 Å². The summed E-state index contributed by atoms with van der Waals surface area (Å²) in [6.45, 7) is 4.56. The second-order valence-corrected chi connectivity index (χ2v) is 5.90. The standard InChI is InChI=1S/C17H19FN4O2/c1-11-10-13(18)4-5-15(11)22-9-6-14(20-22)17(24)21-8-3-7-19-16(23)12(21)2/h4-6,9-10,12H,3,7-8H2,1-2H3,(H,19,23)/t12-/m0/s1. The maximum atomic E-state index is 13.2. The van der Waals surface area contributed by atoms with Crippen LogP contribution in [0.15, 0.2) is 30.5 Å². The molecule has 2 heterocycles. The minimum atomic E-state index is -0.530. The van der Waals surface area contributed by atoms with Gasteiger partial charge in [-0.05, 0) is 50.1 Å². The van der Waals surface area contributed by atoms with Crippen LogP contribution in [0.3, 0.4) is 0 Å². The van der Waals surface area contributed by atoms with Gasteiger partial charge in [-0.15, -0.1) is 0 Å². The number of nitrogens with one attached hydrogen (secondary N) is 1. The third-order valence-electron chi connectivity index (χ3n) is 4.20. The Kier molecular flexibility index (Phi) is 4.33. The van der Waals surface area contributed by atoms with Crippen LogP contribution in [-0.4, -0.2) is 45.6 Å². The molecule has 0 bridgehead atoms. The van der Waals surface area contributed by atoms with Crippen molar-refractivity contribution in [2.75, 3.05) is 13.1 Å². The number of amides is 2. The Bertz CT molecular complexity index is 787. The molecule has 1 atom stereocenters. The average Bonchev–Trinajstić information content (AvgIpc) is 2.96. The molecule has 0 unspecified atom stereocenters. The lowest BCUT2D eigenvalue weighted by Crippen LogP contribution is -2.45. The Morgan fingerprint density at radius 2 is 2.17 bits per heavy atom. The van der Waals surface area contributed by atoms with Crippen molar-refractivity contribution in [1.82, 2.24) is 20.0 Å². The van der Waals surface area contributed by atoms with E-state index >= 15 is 0 Å². The third-order valence-corrected chi connectivity index (χ3v) is 4.20. The van der Waals surface area contributed by atoms with Crippen molar-refractivity contribution >= 4 is 11.8 Å². The van der Waals surface area contributed by atoms with E-state index in [0.29, 0.717) is 25.2 Å². The summed E-state index contributed by atoms with van der Waals surface area (Å²) >= 11 is 0. The molecule has 1 aliphatic rings. The summed E-state index contributed by atoms with van der Waals surface area (Å²) < 4.78 is 14.8. The SMILES string of the molecule is Cc1cc(F)ccc1-n1ccc(C(=O)N2CCCNC(=O)[C@@H]2C)n1. The van der Waals surface area contributed by atoms with Gasteiger partial charge in [-0.3, -0.25) is 9.59 Å². The molecule has 2 amide bonds. The molecule has 6 nitrogen and oxygen atoms in total. The monoisotopic (exact) mass is 330 g/mol. The normalized spacial score (nSPS) is 18.2. The molecule has 0 aliphatic carbocycles. The van der Waals surface area contributed by atoms with Crippen molar-refractivity contribution in [2.24, 2.45) is 0 Å². The molecule has 126 valence electrons. The fourth-order valence-corrected chi connectivity index (χ4v) is 2.82. The van der Waals surface area contributed by atoms with Crippen molar-refractivity contribution in [1.29, 1.82) is 0 Å². The second-order valence-electron chi connectivity index (χ2n) is 5.90. The molecule has 3 rings (SSSR count). The van der Waals surface area contributed by atoms with Gasteiger partial charge in [-0.1, -0.05) is 0 Å². The summed E-state index contributed by atoms with van der Waals surface area (Å²) in [5.41, 5.74) is 1.69. The van der Waals surface area contributed by atoms with Gasteiger partial charge in [0.05, 0.1) is 5.69 Å². The highest BCUT2D eigenvalue weighted by atomic mass is 19.1. The number of aromatic nitrogens is 2. The van der Waals surface area contributed by atoms with Gasteiger partial charge in [0.2, 0.25) is 5.91 Å². The van der Waals surface area contributed by atoms with Crippen molar-refractivity contribution in [3.63, 3.8) is 0 Å². The van der Waals surface area contributed by atoms with Crippen LogP contribution >= 0.6 is 0 Å². The maximum absolute atomic E-state index is 13.2. The zero-order chi connectivity index (χ0) is 17.3. The highest BCUT2D eigenvalue weighted by Crippen LogP contribution is 2.16. The average molecular weight is 330 g/mol. The number of hydrogen-bond acceptors (Lipinski definition) is 3. The summed E-state index contributed by atoms with van der Waals surface area (Å²) in [6, 6.07) is 5.47. The quantitative estimate of drug-likeness (QED) is 0.911. The molecule has 1 fully saturated rings. The van der Waals surface area contributed by atoms with Gasteiger partial charge in [0.1, 0.15) is 11.9 Å². The zero-order valence-electron chi connectivity index (χ0n) is 13.6. The summed E-state index contributed by atoms with van der Waals surface area (Å²) in [5, 5.41) is 7.09. The summed E-state index contributed by atoms with van der Waals surface area (Å²) in [5.74, 6) is -0.753. The Morgan fingerprint density at radius 1 is 1.38 bits per heavy atom. The molecule has 2 aromatic rings. The van der Waals surface area contributed by atoms with Crippen LogP contribution in [0, 0.1) is 12.7 Å². The fraction of sp³-hybridized carbons (Fsp3) is 0.353. The highest BCUT2D eigenvalue weighted by molar-refractivity contribution is 5.96. The number of rotatable bonds is 2. The molecule has 1 N–H and O–H groups in total. The van der Waals surface area contributed by atoms with E-state index in [-0.39, 0.29) is 23.3 Å². The molecule has 0 spiro atoms. The second kappa shape index (κ2) is 6.43. The van der Waals surface area contributed by atoms with Gasteiger partial charge in [-0.2, -0.15) is 5.10 Å². The van der Waals surface area contributed by atoms with Gasteiger partial charge in [0.25, 0.3) is 5.91 Å². The minimum absolute atomic E-state index is 0.158. The molecule has 0 saturated carbocycles. The van der Waals surface area contributed by atoms with Crippen molar-refractivity contribution in [2.45, 2.75) is 26.3 Å². The third kappa shape index (κ3) is 3.02. The molecule has 1 saturated heterocycles. The highest BCUT2D eigenvalue weighted by Gasteiger charge is 2.29.